The molecule has 2 unspecified atom stereocenters. The van der Waals surface area contributed by atoms with Crippen LogP contribution in [0, 0.1) is 0 Å². The third kappa shape index (κ3) is 3.27. The first-order valence-corrected chi connectivity index (χ1v) is 9.99. The molecule has 164 valence electrons. The second-order valence-electron chi connectivity index (χ2n) is 7.33. The van der Waals surface area contributed by atoms with Gasteiger partial charge in [0.25, 0.3) is 5.91 Å². The molecule has 4 rings (SSSR count). The van der Waals surface area contributed by atoms with E-state index >= 15 is 0 Å². The Morgan fingerprint density at radius 2 is 2.00 bits per heavy atom. The van der Waals surface area contributed by atoms with E-state index in [-0.39, 0.29) is 13.0 Å². The minimum absolute atomic E-state index is 0.0599. The Morgan fingerprint density at radius 1 is 1.26 bits per heavy atom. The topological polar surface area (TPSA) is 95.0 Å². The van der Waals surface area contributed by atoms with Crippen molar-refractivity contribution in [1.29, 1.82) is 0 Å². The second-order valence-corrected chi connectivity index (χ2v) is 7.76. The van der Waals surface area contributed by atoms with Gasteiger partial charge < -0.3 is 19.3 Å². The van der Waals surface area contributed by atoms with Crippen LogP contribution in [0.1, 0.15) is 13.3 Å². The highest BCUT2D eigenvalue weighted by Crippen LogP contribution is 2.40. The molecule has 3 heterocycles. The Balaban J connectivity index is 1.68. The Morgan fingerprint density at radius 3 is 2.68 bits per heavy atom. The van der Waals surface area contributed by atoms with Crippen molar-refractivity contribution in [3.05, 3.63) is 35.1 Å². The van der Waals surface area contributed by atoms with Crippen molar-refractivity contribution >= 4 is 41.2 Å². The number of carbonyl (C=O) groups is 3. The van der Waals surface area contributed by atoms with Crippen LogP contribution in [0.15, 0.2) is 35.1 Å². The van der Waals surface area contributed by atoms with Gasteiger partial charge in [-0.2, -0.15) is 0 Å². The first-order valence-electron chi connectivity index (χ1n) is 9.61. The summed E-state index contributed by atoms with van der Waals surface area (Å²) in [5, 5.41) is 0.524. The summed E-state index contributed by atoms with van der Waals surface area (Å²) < 4.78 is 10.1. The number of aliphatic imine (C=N–C) groups is 1. The van der Waals surface area contributed by atoms with Crippen molar-refractivity contribution in [1.82, 2.24) is 14.7 Å². The number of imide groups is 1. The molecular weight excluding hydrogens is 426 g/mol. The summed E-state index contributed by atoms with van der Waals surface area (Å²) in [4.78, 5) is 48.3. The number of halogens is 1. The second kappa shape index (κ2) is 7.77. The number of anilines is 1. The lowest BCUT2D eigenvalue weighted by molar-refractivity contribution is -0.142. The monoisotopic (exact) mass is 447 g/mol. The fourth-order valence-corrected chi connectivity index (χ4v) is 4.17. The number of guanidine groups is 1. The lowest BCUT2D eigenvalue weighted by Gasteiger charge is -2.40. The first-order chi connectivity index (χ1) is 14.8. The third-order valence-corrected chi connectivity index (χ3v) is 5.77. The van der Waals surface area contributed by atoms with E-state index in [1.165, 1.54) is 12.0 Å². The molecule has 3 aliphatic rings. The molecule has 1 fully saturated rings. The zero-order valence-electron chi connectivity index (χ0n) is 17.5. The van der Waals surface area contributed by atoms with Gasteiger partial charge in [-0.05, 0) is 25.1 Å². The molecule has 11 heteroatoms. The largest absolute Gasteiger partial charge is 0.495 e. The van der Waals surface area contributed by atoms with Gasteiger partial charge in [0.05, 0.1) is 26.3 Å². The van der Waals surface area contributed by atoms with Crippen LogP contribution in [-0.2, 0) is 14.3 Å². The van der Waals surface area contributed by atoms with Gasteiger partial charge in [0, 0.05) is 30.5 Å². The number of fused-ring (bicyclic) bond motifs is 3. The molecule has 0 aliphatic carbocycles. The number of hydrogen-bond acceptors (Lipinski definition) is 8. The van der Waals surface area contributed by atoms with Crippen molar-refractivity contribution in [2.24, 2.45) is 4.99 Å². The number of benzene rings is 1. The Labute approximate surface area is 184 Å². The van der Waals surface area contributed by atoms with Crippen LogP contribution < -0.4 is 9.64 Å². The van der Waals surface area contributed by atoms with Crippen molar-refractivity contribution in [2.75, 3.05) is 32.7 Å². The van der Waals surface area contributed by atoms with Crippen molar-refractivity contribution < 1.29 is 23.9 Å². The molecular formula is C20H22ClN5O5. The van der Waals surface area contributed by atoms with E-state index in [2.05, 4.69) is 4.74 Å². The molecule has 2 atom stereocenters. The number of methoxy groups -OCH3 is 2. The maximum absolute atomic E-state index is 13.3. The quantitative estimate of drug-likeness (QED) is 0.635. The van der Waals surface area contributed by atoms with Crippen LogP contribution in [0.2, 0.25) is 5.02 Å². The van der Waals surface area contributed by atoms with Crippen LogP contribution in [0.4, 0.5) is 10.5 Å². The predicted octanol–water partition coefficient (Wildman–Crippen LogP) is 1.85. The van der Waals surface area contributed by atoms with Gasteiger partial charge >= 0.3 is 12.0 Å². The average Bonchev–Trinajstić information content (AvgIpc) is 3.26. The zero-order valence-corrected chi connectivity index (χ0v) is 18.3. The Kier molecular flexibility index (Phi) is 5.26. The van der Waals surface area contributed by atoms with Crippen LogP contribution in [0.3, 0.4) is 0 Å². The number of esters is 1. The highest BCUT2D eigenvalue weighted by molar-refractivity contribution is 6.31. The van der Waals surface area contributed by atoms with E-state index in [0.717, 1.165) is 10.6 Å². The standard InChI is InChI=1S/C20H22ClN5O5/c1-11-10-25-16-17(23(2)20(29)24(18(16)28)8-7-15(27)31-4)22-19(25)26(11)13-9-12(21)5-6-14(13)30-3/h5-6,9-10,16-17H,7-8H2,1-4H3. The van der Waals surface area contributed by atoms with Crippen LogP contribution in [0.5, 0.6) is 5.75 Å². The number of rotatable bonds is 5. The molecule has 3 aliphatic heterocycles. The number of amides is 3. The van der Waals surface area contributed by atoms with E-state index in [0.29, 0.717) is 22.4 Å². The Bertz CT molecular complexity index is 1030. The highest BCUT2D eigenvalue weighted by Gasteiger charge is 2.54. The van der Waals surface area contributed by atoms with Crippen LogP contribution >= 0.6 is 11.6 Å². The van der Waals surface area contributed by atoms with Gasteiger partial charge in [-0.3, -0.25) is 19.4 Å². The summed E-state index contributed by atoms with van der Waals surface area (Å²) >= 11 is 6.21. The first kappa shape index (κ1) is 21.0. The summed E-state index contributed by atoms with van der Waals surface area (Å²) in [6.07, 6.45) is 1.04. The summed E-state index contributed by atoms with van der Waals surface area (Å²) in [5.74, 6) is 0.174. The maximum Gasteiger partial charge on any atom is 0.328 e. The number of nitrogens with zero attached hydrogens (tertiary/aromatic N) is 5. The van der Waals surface area contributed by atoms with Crippen molar-refractivity contribution in [3.63, 3.8) is 0 Å². The molecule has 0 spiro atoms. The van der Waals surface area contributed by atoms with E-state index in [4.69, 9.17) is 21.3 Å². The number of hydrogen-bond donors (Lipinski definition) is 0. The van der Waals surface area contributed by atoms with E-state index in [1.807, 2.05) is 18.0 Å². The summed E-state index contributed by atoms with van der Waals surface area (Å²) in [6, 6.07) is 3.99. The molecule has 0 bridgehead atoms. The minimum atomic E-state index is -0.736. The molecule has 0 saturated carbocycles. The SMILES string of the molecule is COC(=O)CCN1C(=O)C2C(N=C3N(c4cc(Cl)ccc4OC)C(C)=CN32)N(C)C1=O. The van der Waals surface area contributed by atoms with Crippen LogP contribution in [0.25, 0.3) is 0 Å². The van der Waals surface area contributed by atoms with E-state index in [9.17, 15) is 14.4 Å². The lowest BCUT2D eigenvalue weighted by Crippen LogP contribution is -2.64. The normalized spacial score (nSPS) is 22.4. The van der Waals surface area contributed by atoms with Crippen LogP contribution in [-0.4, -0.2) is 78.6 Å². The van der Waals surface area contributed by atoms with E-state index in [1.54, 1.807) is 37.3 Å². The number of likely N-dealkylation sites (N-methyl/N-ethyl adjacent to an activating group) is 1. The van der Waals surface area contributed by atoms with Crippen molar-refractivity contribution in [3.8, 4) is 5.75 Å². The van der Waals surface area contributed by atoms with Gasteiger partial charge in [0.15, 0.2) is 12.2 Å². The van der Waals surface area contributed by atoms with Gasteiger partial charge in [-0.1, -0.05) is 11.6 Å². The smallest absolute Gasteiger partial charge is 0.328 e. The van der Waals surface area contributed by atoms with Gasteiger partial charge in [-0.15, -0.1) is 0 Å². The molecule has 0 aromatic heterocycles. The molecule has 1 aromatic carbocycles. The van der Waals surface area contributed by atoms with Gasteiger partial charge in [0.2, 0.25) is 5.96 Å². The highest BCUT2D eigenvalue weighted by atomic mass is 35.5. The summed E-state index contributed by atoms with van der Waals surface area (Å²) in [6.45, 7) is 1.82. The molecule has 31 heavy (non-hydrogen) atoms. The molecule has 1 aromatic rings. The average molecular weight is 448 g/mol. The van der Waals surface area contributed by atoms with E-state index < -0.39 is 30.1 Å². The maximum atomic E-state index is 13.3. The molecule has 1 saturated heterocycles. The number of allylic oxidation sites excluding steroid dienone is 1. The molecule has 3 amide bonds. The fourth-order valence-electron chi connectivity index (χ4n) is 4.00. The Hall–Kier alpha value is -3.27. The number of ether oxygens (including phenoxy) is 2. The van der Waals surface area contributed by atoms with Gasteiger partial charge in [-0.25, -0.2) is 9.79 Å². The zero-order chi connectivity index (χ0) is 22.4. The fraction of sp³-hybridized carbons (Fsp3) is 0.400. The summed E-state index contributed by atoms with van der Waals surface area (Å²) in [7, 11) is 4.41. The molecule has 0 radical (unpaired) electrons. The lowest BCUT2D eigenvalue weighted by atomic mass is 10.1. The van der Waals surface area contributed by atoms with Crippen molar-refractivity contribution in [2.45, 2.75) is 25.6 Å². The third-order valence-electron chi connectivity index (χ3n) is 5.54. The number of carbonyl (C=O) groups excluding carboxylic acids is 3. The minimum Gasteiger partial charge on any atom is -0.495 e. The number of urea groups is 1. The summed E-state index contributed by atoms with van der Waals surface area (Å²) in [5.41, 5.74) is 1.49. The predicted molar refractivity (Wildman–Crippen MR) is 113 cm³/mol. The molecule has 10 nitrogen and oxygen atoms in total. The van der Waals surface area contributed by atoms with Gasteiger partial charge in [0.1, 0.15) is 5.75 Å². The molecule has 0 N–H and O–H groups in total.